The Bertz CT molecular complexity index is 405. The summed E-state index contributed by atoms with van der Waals surface area (Å²) in [5, 5.41) is 0. The van der Waals surface area contributed by atoms with E-state index in [4.69, 9.17) is 5.73 Å². The van der Waals surface area contributed by atoms with Gasteiger partial charge in [0.15, 0.2) is 0 Å². The van der Waals surface area contributed by atoms with E-state index in [-0.39, 0.29) is 0 Å². The van der Waals surface area contributed by atoms with Crippen LogP contribution >= 0.6 is 0 Å². The van der Waals surface area contributed by atoms with E-state index in [1.165, 1.54) is 19.3 Å². The Balaban J connectivity index is 2.22. The van der Waals surface area contributed by atoms with Gasteiger partial charge in [0.1, 0.15) is 11.6 Å². The number of hydrogen-bond acceptors (Lipinski definition) is 4. The SMILES string of the molecule is CCc1cc(N(C)C2CCCC2CN)nc(C)n1. The fourth-order valence-electron chi connectivity index (χ4n) is 2.95. The van der Waals surface area contributed by atoms with Gasteiger partial charge in [0.2, 0.25) is 0 Å². The molecule has 1 aliphatic rings. The molecular weight excluding hydrogens is 224 g/mol. The summed E-state index contributed by atoms with van der Waals surface area (Å²) in [6.07, 6.45) is 4.70. The number of aromatic nitrogens is 2. The maximum atomic E-state index is 5.87. The number of nitrogens with zero attached hydrogens (tertiary/aromatic N) is 3. The van der Waals surface area contributed by atoms with Crippen molar-refractivity contribution in [1.82, 2.24) is 9.97 Å². The van der Waals surface area contributed by atoms with Crippen LogP contribution < -0.4 is 10.6 Å². The molecular formula is C14H24N4. The van der Waals surface area contributed by atoms with Crippen molar-refractivity contribution >= 4 is 5.82 Å². The molecule has 1 aromatic heterocycles. The number of anilines is 1. The first-order valence-electron chi connectivity index (χ1n) is 6.93. The Kier molecular flexibility index (Phi) is 4.17. The van der Waals surface area contributed by atoms with E-state index in [1.54, 1.807) is 0 Å². The molecule has 4 nitrogen and oxygen atoms in total. The topological polar surface area (TPSA) is 55.0 Å². The quantitative estimate of drug-likeness (QED) is 0.884. The van der Waals surface area contributed by atoms with Gasteiger partial charge in [0.25, 0.3) is 0 Å². The van der Waals surface area contributed by atoms with Gasteiger partial charge in [-0.1, -0.05) is 13.3 Å². The van der Waals surface area contributed by atoms with Crippen LogP contribution in [0.2, 0.25) is 0 Å². The molecule has 0 aromatic carbocycles. The fourth-order valence-corrected chi connectivity index (χ4v) is 2.95. The van der Waals surface area contributed by atoms with Crippen LogP contribution in [0.4, 0.5) is 5.82 Å². The summed E-state index contributed by atoms with van der Waals surface area (Å²) in [4.78, 5) is 11.3. The lowest BCUT2D eigenvalue weighted by Gasteiger charge is -2.30. The summed E-state index contributed by atoms with van der Waals surface area (Å²) >= 11 is 0. The molecule has 1 heterocycles. The van der Waals surface area contributed by atoms with Gasteiger partial charge in [-0.2, -0.15) is 0 Å². The summed E-state index contributed by atoms with van der Waals surface area (Å²) < 4.78 is 0. The maximum Gasteiger partial charge on any atom is 0.132 e. The summed E-state index contributed by atoms with van der Waals surface area (Å²) in [5.41, 5.74) is 6.98. The molecule has 1 aromatic rings. The monoisotopic (exact) mass is 248 g/mol. The van der Waals surface area contributed by atoms with Crippen molar-refractivity contribution in [3.8, 4) is 0 Å². The second kappa shape index (κ2) is 5.65. The highest BCUT2D eigenvalue weighted by molar-refractivity contribution is 5.40. The zero-order chi connectivity index (χ0) is 13.1. The zero-order valence-electron chi connectivity index (χ0n) is 11.7. The highest BCUT2D eigenvalue weighted by atomic mass is 15.2. The van der Waals surface area contributed by atoms with Crippen LogP contribution in [0.3, 0.4) is 0 Å². The molecule has 1 saturated carbocycles. The molecule has 0 saturated heterocycles. The largest absolute Gasteiger partial charge is 0.356 e. The van der Waals surface area contributed by atoms with E-state index in [0.717, 1.165) is 30.3 Å². The van der Waals surface area contributed by atoms with Crippen molar-refractivity contribution in [2.75, 3.05) is 18.5 Å². The van der Waals surface area contributed by atoms with Crippen molar-refractivity contribution in [2.45, 2.75) is 45.6 Å². The number of hydrogen-bond donors (Lipinski definition) is 1. The minimum Gasteiger partial charge on any atom is -0.356 e. The molecule has 2 unspecified atom stereocenters. The molecule has 1 aliphatic carbocycles. The fraction of sp³-hybridized carbons (Fsp3) is 0.714. The molecule has 0 radical (unpaired) electrons. The molecule has 2 rings (SSSR count). The van der Waals surface area contributed by atoms with Crippen molar-refractivity contribution < 1.29 is 0 Å². The average molecular weight is 248 g/mol. The van der Waals surface area contributed by atoms with Gasteiger partial charge in [-0.25, -0.2) is 9.97 Å². The van der Waals surface area contributed by atoms with E-state index in [2.05, 4.69) is 34.9 Å². The van der Waals surface area contributed by atoms with E-state index < -0.39 is 0 Å². The standard InChI is InChI=1S/C14H24N4/c1-4-12-8-14(17-10(2)16-12)18(3)13-7-5-6-11(13)9-15/h8,11,13H,4-7,9,15H2,1-3H3. The molecule has 2 atom stereocenters. The minimum atomic E-state index is 0.536. The average Bonchev–Trinajstić information content (AvgIpc) is 2.85. The van der Waals surface area contributed by atoms with Crippen molar-refractivity contribution in [1.29, 1.82) is 0 Å². The van der Waals surface area contributed by atoms with Gasteiger partial charge >= 0.3 is 0 Å². The summed E-state index contributed by atoms with van der Waals surface area (Å²) in [7, 11) is 2.14. The molecule has 0 amide bonds. The number of nitrogens with two attached hydrogens (primary N) is 1. The van der Waals surface area contributed by atoms with Crippen LogP contribution in [0.15, 0.2) is 6.07 Å². The Morgan fingerprint density at radius 1 is 1.39 bits per heavy atom. The molecule has 18 heavy (non-hydrogen) atoms. The Morgan fingerprint density at radius 3 is 2.83 bits per heavy atom. The third-order valence-electron chi connectivity index (χ3n) is 4.02. The first-order valence-corrected chi connectivity index (χ1v) is 6.93. The van der Waals surface area contributed by atoms with Crippen LogP contribution in [0, 0.1) is 12.8 Å². The van der Waals surface area contributed by atoms with Gasteiger partial charge in [-0.3, -0.25) is 0 Å². The molecule has 100 valence electrons. The first kappa shape index (κ1) is 13.3. The second-order valence-electron chi connectivity index (χ2n) is 5.22. The predicted octanol–water partition coefficient (Wildman–Crippen LogP) is 1.91. The lowest BCUT2D eigenvalue weighted by molar-refractivity contribution is 0.471. The zero-order valence-corrected chi connectivity index (χ0v) is 11.7. The van der Waals surface area contributed by atoms with E-state index in [0.29, 0.717) is 12.0 Å². The van der Waals surface area contributed by atoms with Crippen LogP contribution in [-0.4, -0.2) is 29.6 Å². The molecule has 0 bridgehead atoms. The van der Waals surface area contributed by atoms with E-state index >= 15 is 0 Å². The summed E-state index contributed by atoms with van der Waals surface area (Å²) in [6, 6.07) is 2.65. The maximum absolute atomic E-state index is 5.87. The van der Waals surface area contributed by atoms with E-state index in [1.807, 2.05) is 6.92 Å². The van der Waals surface area contributed by atoms with Gasteiger partial charge in [0, 0.05) is 24.8 Å². The molecule has 0 aliphatic heterocycles. The van der Waals surface area contributed by atoms with Crippen LogP contribution in [0.1, 0.15) is 37.7 Å². The van der Waals surface area contributed by atoms with Crippen molar-refractivity contribution in [3.63, 3.8) is 0 Å². The highest BCUT2D eigenvalue weighted by Gasteiger charge is 2.30. The Hall–Kier alpha value is -1.16. The molecule has 0 spiro atoms. The molecule has 2 N–H and O–H groups in total. The summed E-state index contributed by atoms with van der Waals surface area (Å²) in [6.45, 7) is 4.87. The highest BCUT2D eigenvalue weighted by Crippen LogP contribution is 2.30. The van der Waals surface area contributed by atoms with Crippen LogP contribution in [0.25, 0.3) is 0 Å². The van der Waals surface area contributed by atoms with Gasteiger partial charge in [-0.15, -0.1) is 0 Å². The normalized spacial score (nSPS) is 23.3. The van der Waals surface area contributed by atoms with Crippen LogP contribution in [0.5, 0.6) is 0 Å². The third kappa shape index (κ3) is 2.64. The molecule has 4 heteroatoms. The third-order valence-corrected chi connectivity index (χ3v) is 4.02. The predicted molar refractivity (Wildman–Crippen MR) is 74.7 cm³/mol. The lowest BCUT2D eigenvalue weighted by atomic mass is 10.0. The van der Waals surface area contributed by atoms with Gasteiger partial charge in [0.05, 0.1) is 0 Å². The van der Waals surface area contributed by atoms with E-state index in [9.17, 15) is 0 Å². The Labute approximate surface area is 110 Å². The smallest absolute Gasteiger partial charge is 0.132 e. The number of rotatable bonds is 4. The Morgan fingerprint density at radius 2 is 2.17 bits per heavy atom. The van der Waals surface area contributed by atoms with Gasteiger partial charge < -0.3 is 10.6 Å². The lowest BCUT2D eigenvalue weighted by Crippen LogP contribution is -2.38. The summed E-state index contributed by atoms with van der Waals surface area (Å²) in [5.74, 6) is 2.51. The first-order chi connectivity index (χ1) is 8.65. The minimum absolute atomic E-state index is 0.536. The van der Waals surface area contributed by atoms with Crippen molar-refractivity contribution in [2.24, 2.45) is 11.7 Å². The second-order valence-corrected chi connectivity index (χ2v) is 5.22. The molecule has 1 fully saturated rings. The van der Waals surface area contributed by atoms with Crippen molar-refractivity contribution in [3.05, 3.63) is 17.6 Å². The number of aryl methyl sites for hydroxylation is 2. The van der Waals surface area contributed by atoms with Gasteiger partial charge in [-0.05, 0) is 38.6 Å². The van der Waals surface area contributed by atoms with Crippen LogP contribution in [-0.2, 0) is 6.42 Å².